The lowest BCUT2D eigenvalue weighted by Crippen LogP contribution is -2.42. The van der Waals surface area contributed by atoms with Crippen molar-refractivity contribution in [2.45, 2.75) is 6.10 Å². The van der Waals surface area contributed by atoms with Gasteiger partial charge in [-0.15, -0.1) is 10.2 Å². The standard InChI is InChI=1S/C12H12ClN5O2/c13-9-3-1-8(2-4-9)10-7-18(5-6-20-10)12(19)11-14-16-17-15-11/h1-4,10H,5-7H2,(H,14,15,16,17). The number of aromatic nitrogens is 4. The maximum atomic E-state index is 12.2. The third kappa shape index (κ3) is 2.63. The highest BCUT2D eigenvalue weighted by Crippen LogP contribution is 2.24. The number of carbonyl (C=O) groups is 1. The fourth-order valence-corrected chi connectivity index (χ4v) is 2.23. The summed E-state index contributed by atoms with van der Waals surface area (Å²) in [4.78, 5) is 13.8. The van der Waals surface area contributed by atoms with Crippen LogP contribution in [0.3, 0.4) is 0 Å². The Morgan fingerprint density at radius 1 is 1.40 bits per heavy atom. The molecule has 0 saturated carbocycles. The number of H-pyrrole nitrogens is 1. The van der Waals surface area contributed by atoms with E-state index in [4.69, 9.17) is 16.3 Å². The Balaban J connectivity index is 1.73. The zero-order valence-electron chi connectivity index (χ0n) is 10.5. The fraction of sp³-hybridized carbons (Fsp3) is 0.333. The molecule has 1 fully saturated rings. The van der Waals surface area contributed by atoms with Gasteiger partial charge in [0.05, 0.1) is 13.2 Å². The topological polar surface area (TPSA) is 84.0 Å². The summed E-state index contributed by atoms with van der Waals surface area (Å²) in [6, 6.07) is 7.41. The highest BCUT2D eigenvalue weighted by atomic mass is 35.5. The van der Waals surface area contributed by atoms with Crippen LogP contribution in [-0.2, 0) is 4.74 Å². The SMILES string of the molecule is O=C(c1nn[nH]n1)N1CCOC(c2ccc(Cl)cc2)C1. The molecule has 1 N–H and O–H groups in total. The maximum Gasteiger partial charge on any atom is 0.295 e. The molecule has 0 radical (unpaired) electrons. The van der Waals surface area contributed by atoms with Crippen LogP contribution >= 0.6 is 11.6 Å². The summed E-state index contributed by atoms with van der Waals surface area (Å²) >= 11 is 5.86. The second-order valence-electron chi connectivity index (χ2n) is 4.40. The zero-order chi connectivity index (χ0) is 13.9. The van der Waals surface area contributed by atoms with Crippen LogP contribution in [0, 0.1) is 0 Å². The van der Waals surface area contributed by atoms with E-state index in [9.17, 15) is 4.79 Å². The molecule has 1 aromatic carbocycles. The zero-order valence-corrected chi connectivity index (χ0v) is 11.2. The quantitative estimate of drug-likeness (QED) is 0.895. The molecule has 1 aliphatic rings. The summed E-state index contributed by atoms with van der Waals surface area (Å²) in [5.74, 6) is -0.178. The second-order valence-corrected chi connectivity index (χ2v) is 4.83. The van der Waals surface area contributed by atoms with Crippen LogP contribution in [0.25, 0.3) is 0 Å². The predicted molar refractivity (Wildman–Crippen MR) is 70.2 cm³/mol. The summed E-state index contributed by atoms with van der Waals surface area (Å²) in [6.45, 7) is 1.43. The molecule has 3 rings (SSSR count). The number of tetrazole rings is 1. The molecule has 1 unspecified atom stereocenters. The number of nitrogens with one attached hydrogen (secondary N) is 1. The molecule has 1 amide bonds. The van der Waals surface area contributed by atoms with Crippen molar-refractivity contribution >= 4 is 17.5 Å². The normalized spacial score (nSPS) is 19.1. The van der Waals surface area contributed by atoms with Crippen molar-refractivity contribution in [1.82, 2.24) is 25.5 Å². The fourth-order valence-electron chi connectivity index (χ4n) is 2.11. The average molecular weight is 294 g/mol. The van der Waals surface area contributed by atoms with Gasteiger partial charge in [0, 0.05) is 11.6 Å². The number of nitrogens with zero attached hydrogens (tertiary/aromatic N) is 4. The van der Waals surface area contributed by atoms with Crippen molar-refractivity contribution in [2.24, 2.45) is 0 Å². The first-order valence-corrected chi connectivity index (χ1v) is 6.51. The van der Waals surface area contributed by atoms with Crippen LogP contribution in [0.5, 0.6) is 0 Å². The lowest BCUT2D eigenvalue weighted by atomic mass is 10.1. The molecule has 20 heavy (non-hydrogen) atoms. The van der Waals surface area contributed by atoms with Crippen molar-refractivity contribution in [3.8, 4) is 0 Å². The lowest BCUT2D eigenvalue weighted by Gasteiger charge is -2.32. The number of hydrogen-bond acceptors (Lipinski definition) is 5. The number of benzene rings is 1. The Bertz CT molecular complexity index is 586. The number of morpholine rings is 1. The minimum absolute atomic E-state index is 0.0711. The molecule has 7 nitrogen and oxygen atoms in total. The van der Waals surface area contributed by atoms with Crippen molar-refractivity contribution < 1.29 is 9.53 Å². The van der Waals surface area contributed by atoms with E-state index in [1.165, 1.54) is 0 Å². The molecule has 1 aromatic heterocycles. The van der Waals surface area contributed by atoms with Crippen molar-refractivity contribution in [1.29, 1.82) is 0 Å². The molecule has 1 atom stereocenters. The van der Waals surface area contributed by atoms with Gasteiger partial charge < -0.3 is 9.64 Å². The first-order chi connectivity index (χ1) is 9.74. The minimum atomic E-state index is -0.249. The average Bonchev–Trinajstić information content (AvgIpc) is 3.01. The molecule has 0 bridgehead atoms. The summed E-state index contributed by atoms with van der Waals surface area (Å²) in [6.07, 6.45) is -0.170. The van der Waals surface area contributed by atoms with E-state index in [0.29, 0.717) is 24.7 Å². The van der Waals surface area contributed by atoms with Gasteiger partial charge in [-0.05, 0) is 22.9 Å². The Kier molecular flexibility index (Phi) is 3.62. The monoisotopic (exact) mass is 293 g/mol. The van der Waals surface area contributed by atoms with Gasteiger partial charge in [-0.2, -0.15) is 5.21 Å². The van der Waals surface area contributed by atoms with Gasteiger partial charge in [-0.3, -0.25) is 4.79 Å². The number of amides is 1. The highest BCUT2D eigenvalue weighted by molar-refractivity contribution is 6.30. The molecule has 0 spiro atoms. The van der Waals surface area contributed by atoms with Gasteiger partial charge >= 0.3 is 0 Å². The largest absolute Gasteiger partial charge is 0.370 e. The number of hydrogen-bond donors (Lipinski definition) is 1. The molecule has 1 aliphatic heterocycles. The molecular formula is C12H12ClN5O2. The van der Waals surface area contributed by atoms with E-state index in [-0.39, 0.29) is 17.8 Å². The van der Waals surface area contributed by atoms with Crippen LogP contribution < -0.4 is 0 Å². The van der Waals surface area contributed by atoms with Crippen molar-refractivity contribution in [3.63, 3.8) is 0 Å². The van der Waals surface area contributed by atoms with E-state index in [1.54, 1.807) is 17.0 Å². The van der Waals surface area contributed by atoms with Gasteiger partial charge in [-0.1, -0.05) is 23.7 Å². The number of carbonyl (C=O) groups excluding carboxylic acids is 1. The molecular weight excluding hydrogens is 282 g/mol. The Labute approximate surface area is 119 Å². The second kappa shape index (κ2) is 5.56. The molecule has 8 heteroatoms. The molecule has 104 valence electrons. The summed E-state index contributed by atoms with van der Waals surface area (Å²) in [5.41, 5.74) is 0.986. The van der Waals surface area contributed by atoms with Crippen LogP contribution in [0.2, 0.25) is 5.02 Å². The van der Waals surface area contributed by atoms with E-state index >= 15 is 0 Å². The van der Waals surface area contributed by atoms with Gasteiger partial charge in [-0.25, -0.2) is 0 Å². The predicted octanol–water partition coefficient (Wildman–Crippen LogP) is 1.07. The third-order valence-electron chi connectivity index (χ3n) is 3.13. The molecule has 2 heterocycles. The Morgan fingerprint density at radius 2 is 2.20 bits per heavy atom. The van der Waals surface area contributed by atoms with Crippen LogP contribution in [0.1, 0.15) is 22.3 Å². The summed E-state index contributed by atoms with van der Waals surface area (Å²) in [7, 11) is 0. The Hall–Kier alpha value is -1.99. The van der Waals surface area contributed by atoms with Gasteiger partial charge in [0.1, 0.15) is 6.10 Å². The number of ether oxygens (including phenoxy) is 1. The van der Waals surface area contributed by atoms with Crippen molar-refractivity contribution in [3.05, 3.63) is 40.7 Å². The van der Waals surface area contributed by atoms with E-state index in [1.807, 2.05) is 12.1 Å². The maximum absolute atomic E-state index is 12.2. The number of aromatic amines is 1. The third-order valence-corrected chi connectivity index (χ3v) is 3.38. The number of halogens is 1. The molecule has 0 aliphatic carbocycles. The number of rotatable bonds is 2. The highest BCUT2D eigenvalue weighted by Gasteiger charge is 2.28. The smallest absolute Gasteiger partial charge is 0.295 e. The summed E-state index contributed by atoms with van der Waals surface area (Å²) < 4.78 is 5.70. The van der Waals surface area contributed by atoms with E-state index in [0.717, 1.165) is 5.56 Å². The van der Waals surface area contributed by atoms with E-state index < -0.39 is 0 Å². The van der Waals surface area contributed by atoms with E-state index in [2.05, 4.69) is 20.6 Å². The molecule has 2 aromatic rings. The van der Waals surface area contributed by atoms with Gasteiger partial charge in [0.15, 0.2) is 0 Å². The van der Waals surface area contributed by atoms with Gasteiger partial charge in [0.25, 0.3) is 11.7 Å². The molecule has 1 saturated heterocycles. The summed E-state index contributed by atoms with van der Waals surface area (Å²) in [5, 5.41) is 13.7. The Morgan fingerprint density at radius 3 is 2.90 bits per heavy atom. The minimum Gasteiger partial charge on any atom is -0.370 e. The first kappa shape index (κ1) is 13.0. The van der Waals surface area contributed by atoms with Crippen LogP contribution in [-0.4, -0.2) is 51.1 Å². The van der Waals surface area contributed by atoms with Crippen LogP contribution in [0.15, 0.2) is 24.3 Å². The lowest BCUT2D eigenvalue weighted by molar-refractivity contribution is -0.0232. The van der Waals surface area contributed by atoms with Crippen LogP contribution in [0.4, 0.5) is 0 Å². The van der Waals surface area contributed by atoms with Crippen molar-refractivity contribution in [2.75, 3.05) is 19.7 Å². The van der Waals surface area contributed by atoms with Gasteiger partial charge in [0.2, 0.25) is 0 Å². The first-order valence-electron chi connectivity index (χ1n) is 6.14.